The highest BCUT2D eigenvalue weighted by atomic mass is 32.2. The average Bonchev–Trinajstić information content (AvgIpc) is 3.05. The van der Waals surface area contributed by atoms with Crippen LogP contribution < -0.4 is 0 Å². The van der Waals surface area contributed by atoms with Gasteiger partial charge in [-0.05, 0) is 31.7 Å². The second-order valence-corrected chi connectivity index (χ2v) is 8.77. The molecule has 10 heteroatoms. The lowest BCUT2D eigenvalue weighted by Crippen LogP contribution is -2.42. The Kier molecular flexibility index (Phi) is 5.30. The Hall–Kier alpha value is -1.97. The molecule has 1 aromatic rings. The molecule has 0 spiro atoms. The van der Waals surface area contributed by atoms with Crippen molar-refractivity contribution in [3.8, 4) is 0 Å². The van der Waals surface area contributed by atoms with Crippen LogP contribution in [0.25, 0.3) is 0 Å². The molecule has 2 aliphatic rings. The Labute approximate surface area is 165 Å². The minimum atomic E-state index is -5.92. The summed E-state index contributed by atoms with van der Waals surface area (Å²) in [7, 11) is -2.29. The van der Waals surface area contributed by atoms with Crippen molar-refractivity contribution in [3.63, 3.8) is 0 Å². The van der Waals surface area contributed by atoms with E-state index in [-0.39, 0.29) is 11.1 Å². The highest BCUT2D eigenvalue weighted by Gasteiger charge is 2.60. The van der Waals surface area contributed by atoms with Gasteiger partial charge in [0.15, 0.2) is 17.3 Å². The molecule has 2 fully saturated rings. The van der Waals surface area contributed by atoms with Crippen LogP contribution in [0.4, 0.5) is 22.0 Å². The number of halogens is 5. The van der Waals surface area contributed by atoms with Gasteiger partial charge in [0.25, 0.3) is 0 Å². The Balaban J connectivity index is 2.11. The van der Waals surface area contributed by atoms with E-state index in [0.717, 1.165) is 19.2 Å². The van der Waals surface area contributed by atoms with Gasteiger partial charge in [-0.3, -0.25) is 18.6 Å². The SMILES string of the molecule is Cc1c(C(=O)C2C(=O)C3CCC(C3)C2=O)ccc(C(F)(F)C(F)(F)F)c1S(C)=O. The molecular formula is C19H17F5O4S. The molecule has 0 aromatic heterocycles. The third kappa shape index (κ3) is 3.35. The molecule has 2 aliphatic carbocycles. The molecule has 0 N–H and O–H groups in total. The van der Waals surface area contributed by atoms with E-state index >= 15 is 0 Å². The molecule has 0 radical (unpaired) electrons. The summed E-state index contributed by atoms with van der Waals surface area (Å²) in [6.45, 7) is 1.09. The topological polar surface area (TPSA) is 68.3 Å². The number of ketones is 3. The van der Waals surface area contributed by atoms with Crippen LogP contribution >= 0.6 is 0 Å². The Morgan fingerprint density at radius 3 is 2.00 bits per heavy atom. The first kappa shape index (κ1) is 21.7. The number of fused-ring (bicyclic) bond motifs is 2. The predicted molar refractivity (Wildman–Crippen MR) is 92.1 cm³/mol. The van der Waals surface area contributed by atoms with Crippen LogP contribution in [0.15, 0.2) is 17.0 Å². The number of benzene rings is 1. The first-order valence-corrected chi connectivity index (χ1v) is 10.4. The monoisotopic (exact) mass is 436 g/mol. The molecule has 29 heavy (non-hydrogen) atoms. The zero-order valence-corrected chi connectivity index (χ0v) is 16.3. The van der Waals surface area contributed by atoms with Crippen molar-refractivity contribution in [1.82, 2.24) is 0 Å². The van der Waals surface area contributed by atoms with Crippen LogP contribution in [0.5, 0.6) is 0 Å². The van der Waals surface area contributed by atoms with Gasteiger partial charge in [-0.2, -0.15) is 22.0 Å². The quantitative estimate of drug-likeness (QED) is 0.410. The first-order valence-electron chi connectivity index (χ1n) is 8.82. The summed E-state index contributed by atoms with van der Waals surface area (Å²) in [5.41, 5.74) is -2.21. The van der Waals surface area contributed by atoms with Gasteiger partial charge in [0.1, 0.15) is 5.92 Å². The van der Waals surface area contributed by atoms with Crippen molar-refractivity contribution in [3.05, 3.63) is 28.8 Å². The van der Waals surface area contributed by atoms with Gasteiger partial charge in [0.2, 0.25) is 0 Å². The fourth-order valence-corrected chi connectivity index (χ4v) is 5.30. The minimum Gasteiger partial charge on any atom is -0.298 e. The lowest BCUT2D eigenvalue weighted by molar-refractivity contribution is -0.290. The fourth-order valence-electron chi connectivity index (χ4n) is 4.25. The van der Waals surface area contributed by atoms with Crippen LogP contribution in [0.1, 0.15) is 40.7 Å². The van der Waals surface area contributed by atoms with Crippen molar-refractivity contribution in [2.45, 2.75) is 43.2 Å². The number of rotatable bonds is 4. The molecule has 3 rings (SSSR count). The Morgan fingerprint density at radius 2 is 1.55 bits per heavy atom. The summed E-state index contributed by atoms with van der Waals surface area (Å²) in [6, 6.07) is 1.15. The zero-order chi connectivity index (χ0) is 21.9. The molecule has 2 saturated carbocycles. The van der Waals surface area contributed by atoms with Gasteiger partial charge >= 0.3 is 12.1 Å². The van der Waals surface area contributed by atoms with Crippen LogP contribution in [-0.2, 0) is 26.3 Å². The highest BCUT2D eigenvalue weighted by molar-refractivity contribution is 7.84. The largest absolute Gasteiger partial charge is 0.458 e. The second kappa shape index (κ2) is 7.07. The number of Topliss-reactive ketones (excluding diaryl/α,β-unsaturated/α-hetero) is 3. The summed E-state index contributed by atoms with van der Waals surface area (Å²) in [5, 5.41) is 0. The number of hydrogen-bond acceptors (Lipinski definition) is 4. The maximum atomic E-state index is 13.9. The molecule has 3 atom stereocenters. The van der Waals surface area contributed by atoms with E-state index in [1.807, 2.05) is 0 Å². The molecule has 4 nitrogen and oxygen atoms in total. The standard InChI is InChI=1S/C19H17F5O4S/c1-8-11(16(27)13-14(25)9-3-4-10(7-9)15(13)26)5-6-12(17(8)29(2)28)18(20,21)19(22,23)24/h5-6,9-10,13H,3-4,7H2,1-2H3. The maximum absolute atomic E-state index is 13.9. The van der Waals surface area contributed by atoms with E-state index in [0.29, 0.717) is 25.3 Å². The van der Waals surface area contributed by atoms with Gasteiger partial charge in [-0.15, -0.1) is 0 Å². The molecule has 3 unspecified atom stereocenters. The highest BCUT2D eigenvalue weighted by Crippen LogP contribution is 2.47. The first-order chi connectivity index (χ1) is 13.3. The minimum absolute atomic E-state index is 0.343. The molecule has 158 valence electrons. The van der Waals surface area contributed by atoms with Gasteiger partial charge < -0.3 is 0 Å². The van der Waals surface area contributed by atoms with Crippen LogP contribution in [-0.4, -0.2) is 34.0 Å². The van der Waals surface area contributed by atoms with Crippen LogP contribution in [0, 0.1) is 24.7 Å². The molecular weight excluding hydrogens is 419 g/mol. The van der Waals surface area contributed by atoms with E-state index < -0.39 is 68.5 Å². The van der Waals surface area contributed by atoms with E-state index in [4.69, 9.17) is 0 Å². The number of carbonyl (C=O) groups excluding carboxylic acids is 3. The maximum Gasteiger partial charge on any atom is 0.458 e. The van der Waals surface area contributed by atoms with Gasteiger partial charge in [0.05, 0.1) is 15.7 Å². The van der Waals surface area contributed by atoms with E-state index in [2.05, 4.69) is 0 Å². The zero-order valence-electron chi connectivity index (χ0n) is 15.4. The smallest absolute Gasteiger partial charge is 0.298 e. The van der Waals surface area contributed by atoms with E-state index in [1.165, 1.54) is 0 Å². The fraction of sp³-hybridized carbons (Fsp3) is 0.526. The molecule has 0 saturated heterocycles. The van der Waals surface area contributed by atoms with Crippen molar-refractivity contribution >= 4 is 28.1 Å². The van der Waals surface area contributed by atoms with Crippen molar-refractivity contribution < 1.29 is 40.5 Å². The summed E-state index contributed by atoms with van der Waals surface area (Å²) in [4.78, 5) is 37.2. The molecule has 0 heterocycles. The van der Waals surface area contributed by atoms with E-state index in [9.17, 15) is 40.5 Å². The van der Waals surface area contributed by atoms with Crippen LogP contribution in [0.2, 0.25) is 0 Å². The van der Waals surface area contributed by atoms with Crippen molar-refractivity contribution in [2.24, 2.45) is 17.8 Å². The predicted octanol–water partition coefficient (Wildman–Crippen LogP) is 3.75. The third-order valence-electron chi connectivity index (χ3n) is 5.72. The summed E-state index contributed by atoms with van der Waals surface area (Å²) >= 11 is 0. The number of carbonyl (C=O) groups is 3. The second-order valence-electron chi connectivity index (χ2n) is 7.45. The van der Waals surface area contributed by atoms with Gasteiger partial charge in [-0.1, -0.05) is 12.1 Å². The molecule has 2 bridgehead atoms. The Bertz CT molecular complexity index is 915. The van der Waals surface area contributed by atoms with Crippen molar-refractivity contribution in [2.75, 3.05) is 6.26 Å². The third-order valence-corrected chi connectivity index (χ3v) is 6.82. The van der Waals surface area contributed by atoms with Gasteiger partial charge in [-0.25, -0.2) is 0 Å². The van der Waals surface area contributed by atoms with Crippen molar-refractivity contribution in [1.29, 1.82) is 0 Å². The summed E-state index contributed by atoms with van der Waals surface area (Å²) in [6.07, 6.45) is -3.66. The number of hydrogen-bond donors (Lipinski definition) is 0. The van der Waals surface area contributed by atoms with Crippen LogP contribution in [0.3, 0.4) is 0 Å². The normalized spacial score (nSPS) is 26.0. The Morgan fingerprint density at radius 1 is 1.03 bits per heavy atom. The average molecular weight is 436 g/mol. The molecule has 1 aromatic carbocycles. The van der Waals surface area contributed by atoms with E-state index in [1.54, 1.807) is 0 Å². The lowest BCUT2D eigenvalue weighted by Gasteiger charge is -2.26. The lowest BCUT2D eigenvalue weighted by atomic mass is 9.75. The summed E-state index contributed by atoms with van der Waals surface area (Å²) in [5.74, 6) is -9.76. The molecule has 0 aliphatic heterocycles. The molecule has 0 amide bonds. The summed E-state index contributed by atoms with van der Waals surface area (Å²) < 4.78 is 78.4. The number of alkyl halides is 5. The van der Waals surface area contributed by atoms with Gasteiger partial charge in [0, 0.05) is 29.2 Å².